The highest BCUT2D eigenvalue weighted by Gasteiger charge is 2.37. The first kappa shape index (κ1) is 13.9. The van der Waals surface area contributed by atoms with E-state index in [-0.39, 0.29) is 6.42 Å². The Kier molecular flexibility index (Phi) is 4.31. The van der Waals surface area contributed by atoms with E-state index in [9.17, 15) is 14.7 Å². The lowest BCUT2D eigenvalue weighted by Gasteiger charge is -2.36. The summed E-state index contributed by atoms with van der Waals surface area (Å²) in [4.78, 5) is 22.4. The van der Waals surface area contributed by atoms with Crippen molar-refractivity contribution in [1.29, 1.82) is 0 Å². The summed E-state index contributed by atoms with van der Waals surface area (Å²) in [6.45, 7) is 6.71. The Hall–Kier alpha value is -1.06. The molecule has 0 bridgehead atoms. The van der Waals surface area contributed by atoms with Crippen LogP contribution in [0.15, 0.2) is 0 Å². The van der Waals surface area contributed by atoms with Crippen molar-refractivity contribution in [2.45, 2.75) is 40.5 Å². The Morgan fingerprint density at radius 3 is 2.00 bits per heavy atom. The Labute approximate surface area is 90.6 Å². The first-order chi connectivity index (χ1) is 6.69. The lowest BCUT2D eigenvalue weighted by Crippen LogP contribution is -2.44. The first-order valence-electron chi connectivity index (χ1n) is 4.99. The zero-order chi connectivity index (χ0) is 12.3. The van der Waals surface area contributed by atoms with Gasteiger partial charge in [0.2, 0.25) is 0 Å². The monoisotopic (exact) mass is 215 g/mol. The van der Waals surface area contributed by atoms with E-state index in [0.29, 0.717) is 6.42 Å². The maximum Gasteiger partial charge on any atom is 0.311 e. The molecule has 88 valence electrons. The highest BCUT2D eigenvalue weighted by molar-refractivity contribution is 5.78. The third-order valence-electron chi connectivity index (χ3n) is 2.84. The van der Waals surface area contributed by atoms with Gasteiger partial charge in [-0.15, -0.1) is 0 Å². The average molecular weight is 215 g/mol. The van der Waals surface area contributed by atoms with Gasteiger partial charge >= 0.3 is 5.97 Å². The zero-order valence-corrected chi connectivity index (χ0v) is 10.0. The number of hydrogen-bond acceptors (Lipinski definition) is 4. The minimum atomic E-state index is -1.12. The molecule has 0 saturated heterocycles. The van der Waals surface area contributed by atoms with Crippen LogP contribution in [0.5, 0.6) is 0 Å². The van der Waals surface area contributed by atoms with E-state index in [4.69, 9.17) is 0 Å². The molecule has 0 rings (SSSR count). The quantitative estimate of drug-likeness (QED) is 0.634. The number of aliphatic carboxylic acids is 1. The van der Waals surface area contributed by atoms with Gasteiger partial charge in [0.1, 0.15) is 0 Å². The summed E-state index contributed by atoms with van der Waals surface area (Å²) in [7, 11) is 1.30. The van der Waals surface area contributed by atoms with Crippen molar-refractivity contribution in [3.05, 3.63) is 0 Å². The highest BCUT2D eigenvalue weighted by Crippen LogP contribution is 2.36. The van der Waals surface area contributed by atoms with Crippen LogP contribution in [0.4, 0.5) is 0 Å². The van der Waals surface area contributed by atoms with E-state index in [2.05, 4.69) is 4.74 Å². The van der Waals surface area contributed by atoms with Gasteiger partial charge in [-0.3, -0.25) is 4.79 Å². The lowest BCUT2D eigenvalue weighted by atomic mass is 9.72. The highest BCUT2D eigenvalue weighted by atomic mass is 16.5. The summed E-state index contributed by atoms with van der Waals surface area (Å²) in [6, 6.07) is 0. The minimum absolute atomic E-state index is 0.214. The fourth-order valence-corrected chi connectivity index (χ4v) is 1.67. The van der Waals surface area contributed by atoms with Crippen LogP contribution in [0.3, 0.4) is 0 Å². The molecule has 0 radical (unpaired) electrons. The molecule has 0 aliphatic carbocycles. The number of methoxy groups -OCH3 is 1. The number of rotatable bonds is 5. The van der Waals surface area contributed by atoms with Crippen LogP contribution in [0.2, 0.25) is 0 Å². The molecule has 0 amide bonds. The largest absolute Gasteiger partial charge is 0.550 e. The lowest BCUT2D eigenvalue weighted by molar-refractivity contribution is -0.319. The van der Waals surface area contributed by atoms with Crippen molar-refractivity contribution in [3.8, 4) is 0 Å². The van der Waals surface area contributed by atoms with Gasteiger partial charge in [0.25, 0.3) is 0 Å². The molecule has 0 heterocycles. The molecule has 15 heavy (non-hydrogen) atoms. The molecule has 0 aromatic rings. The number of carboxylic acid groups (broad SMARTS) is 1. The van der Waals surface area contributed by atoms with Crippen LogP contribution in [-0.2, 0) is 14.3 Å². The van der Waals surface area contributed by atoms with E-state index >= 15 is 0 Å². The molecule has 0 aliphatic rings. The molecular formula is C11H19O4-. The topological polar surface area (TPSA) is 66.4 Å². The van der Waals surface area contributed by atoms with Gasteiger partial charge in [-0.25, -0.2) is 0 Å². The Morgan fingerprint density at radius 2 is 1.73 bits per heavy atom. The molecule has 1 atom stereocenters. The molecule has 0 aliphatic heterocycles. The summed E-state index contributed by atoms with van der Waals surface area (Å²) in [5.74, 6) is -1.52. The summed E-state index contributed by atoms with van der Waals surface area (Å²) in [5.41, 5.74) is -1.79. The predicted octanol–water partition coefficient (Wildman–Crippen LogP) is 0.742. The van der Waals surface area contributed by atoms with E-state index in [0.717, 1.165) is 0 Å². The molecule has 0 spiro atoms. The van der Waals surface area contributed by atoms with Gasteiger partial charge in [0.05, 0.1) is 12.5 Å². The fourth-order valence-electron chi connectivity index (χ4n) is 1.67. The Morgan fingerprint density at radius 1 is 1.27 bits per heavy atom. The molecule has 0 aromatic carbocycles. The van der Waals surface area contributed by atoms with Crippen LogP contribution in [0.1, 0.15) is 40.5 Å². The summed E-state index contributed by atoms with van der Waals surface area (Å²) < 4.78 is 4.63. The van der Waals surface area contributed by atoms with Crippen molar-refractivity contribution in [3.63, 3.8) is 0 Å². The van der Waals surface area contributed by atoms with Gasteiger partial charge in [-0.1, -0.05) is 13.8 Å². The number of carboxylic acids is 1. The average Bonchev–Trinajstić information content (AvgIpc) is 2.15. The normalized spacial score (nSPS) is 15.5. The number of carbonyl (C=O) groups excluding carboxylic acids is 2. The van der Waals surface area contributed by atoms with Crippen molar-refractivity contribution in [2.75, 3.05) is 7.11 Å². The molecule has 1 unspecified atom stereocenters. The molecular weight excluding hydrogens is 196 g/mol. The maximum atomic E-state index is 11.4. The summed E-state index contributed by atoms with van der Waals surface area (Å²) in [6.07, 6.45) is 0.640. The standard InChI is InChI=1S/C11H20O4/c1-6-11(4,8(12)13)7-10(2,3)9(14)15-5/h6-7H2,1-5H3,(H,12,13)/p-1. The van der Waals surface area contributed by atoms with Crippen molar-refractivity contribution in [1.82, 2.24) is 0 Å². The second-order valence-corrected chi connectivity index (χ2v) is 4.75. The third-order valence-corrected chi connectivity index (χ3v) is 2.84. The summed E-state index contributed by atoms with van der Waals surface area (Å²) in [5, 5.41) is 11.0. The molecule has 0 fully saturated rings. The van der Waals surface area contributed by atoms with Crippen molar-refractivity contribution < 1.29 is 19.4 Å². The maximum absolute atomic E-state index is 11.4. The first-order valence-corrected chi connectivity index (χ1v) is 4.99. The number of ether oxygens (including phenoxy) is 1. The van der Waals surface area contributed by atoms with Crippen LogP contribution in [-0.4, -0.2) is 19.0 Å². The van der Waals surface area contributed by atoms with E-state index < -0.39 is 22.8 Å². The van der Waals surface area contributed by atoms with Crippen LogP contribution in [0.25, 0.3) is 0 Å². The van der Waals surface area contributed by atoms with Crippen LogP contribution in [0, 0.1) is 10.8 Å². The van der Waals surface area contributed by atoms with Gasteiger partial charge < -0.3 is 14.6 Å². The summed E-state index contributed by atoms with van der Waals surface area (Å²) >= 11 is 0. The molecule has 4 nitrogen and oxygen atoms in total. The molecule has 0 N–H and O–H groups in total. The second kappa shape index (κ2) is 4.64. The number of hydrogen-bond donors (Lipinski definition) is 0. The number of carbonyl (C=O) groups is 2. The van der Waals surface area contributed by atoms with Gasteiger partial charge in [0.15, 0.2) is 0 Å². The van der Waals surface area contributed by atoms with Crippen LogP contribution < -0.4 is 5.11 Å². The number of esters is 1. The Bertz CT molecular complexity index is 257. The van der Waals surface area contributed by atoms with E-state index in [1.807, 2.05) is 0 Å². The molecule has 0 aromatic heterocycles. The zero-order valence-electron chi connectivity index (χ0n) is 10.0. The molecule has 4 heteroatoms. The fraction of sp³-hybridized carbons (Fsp3) is 0.818. The smallest absolute Gasteiger partial charge is 0.311 e. The molecule has 0 saturated carbocycles. The second-order valence-electron chi connectivity index (χ2n) is 4.75. The van der Waals surface area contributed by atoms with Gasteiger partial charge in [0, 0.05) is 11.4 Å². The SMILES string of the molecule is CCC(C)(CC(C)(C)C(=O)OC)C(=O)[O-]. The third kappa shape index (κ3) is 3.22. The Balaban J connectivity index is 4.83. The van der Waals surface area contributed by atoms with Crippen LogP contribution >= 0.6 is 0 Å². The van der Waals surface area contributed by atoms with Gasteiger partial charge in [-0.2, -0.15) is 0 Å². The minimum Gasteiger partial charge on any atom is -0.550 e. The van der Waals surface area contributed by atoms with Crippen molar-refractivity contribution in [2.24, 2.45) is 10.8 Å². The van der Waals surface area contributed by atoms with Crippen molar-refractivity contribution >= 4 is 11.9 Å². The van der Waals surface area contributed by atoms with Gasteiger partial charge in [-0.05, 0) is 26.7 Å². The predicted molar refractivity (Wildman–Crippen MR) is 53.8 cm³/mol. The van der Waals surface area contributed by atoms with E-state index in [1.54, 1.807) is 27.7 Å². The van der Waals surface area contributed by atoms with E-state index in [1.165, 1.54) is 7.11 Å².